The third-order valence-electron chi connectivity index (χ3n) is 7.92. The first-order valence-electron chi connectivity index (χ1n) is 12.1. The Labute approximate surface area is 193 Å². The van der Waals surface area contributed by atoms with Crippen molar-refractivity contribution < 1.29 is 9.90 Å². The maximum absolute atomic E-state index is 11.3. The number of nitrogens with zero attached hydrogens (tertiary/aromatic N) is 3. The molecule has 0 unspecified atom stereocenters. The Kier molecular flexibility index (Phi) is 4.98. The van der Waals surface area contributed by atoms with Crippen molar-refractivity contribution in [2.24, 2.45) is 5.92 Å². The van der Waals surface area contributed by atoms with Crippen LogP contribution in [-0.4, -0.2) is 52.1 Å². The second-order valence-corrected chi connectivity index (χ2v) is 9.75. The lowest BCUT2D eigenvalue weighted by Gasteiger charge is -2.37. The van der Waals surface area contributed by atoms with E-state index in [1.54, 1.807) is 0 Å². The number of anilines is 1. The Bertz CT molecular complexity index is 1250. The third-order valence-corrected chi connectivity index (χ3v) is 7.92. The number of hydrogen-bond acceptors (Lipinski definition) is 4. The molecule has 1 aromatic carbocycles. The van der Waals surface area contributed by atoms with E-state index < -0.39 is 5.97 Å². The predicted octanol–water partition coefficient (Wildman–Crippen LogP) is 4.91. The van der Waals surface area contributed by atoms with Gasteiger partial charge in [-0.3, -0.25) is 9.69 Å². The summed E-state index contributed by atoms with van der Waals surface area (Å²) in [6, 6.07) is 11.3. The zero-order valence-electron chi connectivity index (χ0n) is 19.1. The van der Waals surface area contributed by atoms with Crippen LogP contribution in [0.25, 0.3) is 27.7 Å². The molecule has 1 fully saturated rings. The van der Waals surface area contributed by atoms with Gasteiger partial charge in [0, 0.05) is 66.8 Å². The third kappa shape index (κ3) is 3.44. The number of benzene rings is 1. The Morgan fingerprint density at radius 1 is 1.12 bits per heavy atom. The number of nitrogens with one attached hydrogen (secondary N) is 1. The number of carboxylic acids is 1. The van der Waals surface area contributed by atoms with Gasteiger partial charge in [0.15, 0.2) is 0 Å². The number of hydrogen-bond donors (Lipinski definition) is 2. The summed E-state index contributed by atoms with van der Waals surface area (Å²) in [5, 5.41) is 10.5. The summed E-state index contributed by atoms with van der Waals surface area (Å²) < 4.78 is 0. The van der Waals surface area contributed by atoms with Crippen molar-refractivity contribution in [1.82, 2.24) is 14.9 Å². The van der Waals surface area contributed by atoms with Crippen LogP contribution in [-0.2, 0) is 11.3 Å². The number of aromatic nitrogens is 2. The second-order valence-electron chi connectivity index (χ2n) is 9.75. The molecule has 33 heavy (non-hydrogen) atoms. The molecule has 6 heteroatoms. The van der Waals surface area contributed by atoms with Gasteiger partial charge in [0.25, 0.3) is 0 Å². The van der Waals surface area contributed by atoms with Crippen LogP contribution in [0.2, 0.25) is 0 Å². The van der Waals surface area contributed by atoms with Gasteiger partial charge in [0.1, 0.15) is 5.65 Å². The van der Waals surface area contributed by atoms with E-state index in [2.05, 4.69) is 63.2 Å². The number of carbonyl (C=O) groups is 1. The zero-order chi connectivity index (χ0) is 22.5. The first-order chi connectivity index (χ1) is 16.1. The number of rotatable bonds is 3. The number of aromatic amines is 1. The molecule has 0 saturated heterocycles. The van der Waals surface area contributed by atoms with Crippen LogP contribution >= 0.6 is 0 Å². The molecule has 0 spiro atoms. The summed E-state index contributed by atoms with van der Waals surface area (Å²) in [4.78, 5) is 24.5. The molecule has 3 aliphatic rings. The van der Waals surface area contributed by atoms with Gasteiger partial charge in [-0.1, -0.05) is 24.3 Å². The number of pyridine rings is 1. The molecule has 0 bridgehead atoms. The highest BCUT2D eigenvalue weighted by Crippen LogP contribution is 2.43. The quantitative estimate of drug-likeness (QED) is 0.603. The first-order valence-corrected chi connectivity index (χ1v) is 12.1. The van der Waals surface area contributed by atoms with E-state index in [1.807, 2.05) is 6.20 Å². The van der Waals surface area contributed by atoms with Crippen molar-refractivity contribution >= 4 is 28.3 Å². The number of fused-ring (bicyclic) bond motifs is 2. The van der Waals surface area contributed by atoms with E-state index in [4.69, 9.17) is 0 Å². The fourth-order valence-corrected chi connectivity index (χ4v) is 6.13. The lowest BCUT2D eigenvalue weighted by Crippen LogP contribution is -2.41. The normalized spacial score (nSPS) is 23.2. The fraction of sp³-hybridized carbons (Fsp3) is 0.407. The first kappa shape index (κ1) is 20.5. The summed E-state index contributed by atoms with van der Waals surface area (Å²) in [6.45, 7) is 2.81. The summed E-state index contributed by atoms with van der Waals surface area (Å²) in [5.74, 6) is -0.776. The monoisotopic (exact) mass is 442 g/mol. The summed E-state index contributed by atoms with van der Waals surface area (Å²) in [7, 11) is 2.17. The van der Waals surface area contributed by atoms with Crippen LogP contribution in [0.1, 0.15) is 43.4 Å². The Morgan fingerprint density at radius 3 is 2.70 bits per heavy atom. The van der Waals surface area contributed by atoms with Gasteiger partial charge in [-0.15, -0.1) is 0 Å². The molecule has 3 aromatic rings. The highest BCUT2D eigenvalue weighted by atomic mass is 16.4. The van der Waals surface area contributed by atoms with Crippen LogP contribution in [0.5, 0.6) is 0 Å². The highest BCUT2D eigenvalue weighted by Gasteiger charge is 2.31. The molecule has 6 rings (SSSR count). The van der Waals surface area contributed by atoms with E-state index in [0.29, 0.717) is 6.04 Å². The van der Waals surface area contributed by atoms with Gasteiger partial charge in [0.05, 0.1) is 5.92 Å². The van der Waals surface area contributed by atoms with E-state index in [1.165, 1.54) is 39.0 Å². The SMILES string of the molecule is CN1Cc2c(C3=CCN([C@H]4CC[C@H](C(=O)O)CC4)CC3)[nH]c3nccc(c23)-c2ccccc21. The van der Waals surface area contributed by atoms with Crippen LogP contribution in [0.3, 0.4) is 0 Å². The number of carboxylic acid groups (broad SMARTS) is 1. The molecule has 1 aliphatic carbocycles. The van der Waals surface area contributed by atoms with Gasteiger partial charge in [0.2, 0.25) is 0 Å². The Balaban J connectivity index is 1.30. The van der Waals surface area contributed by atoms with E-state index >= 15 is 0 Å². The largest absolute Gasteiger partial charge is 0.481 e. The molecule has 0 radical (unpaired) electrons. The standard InChI is InChI=1S/C27H30N4O2/c1-30-16-22-24-21(20-4-2-3-5-23(20)30)10-13-28-26(24)29-25(22)17-11-14-31(15-12-17)19-8-6-18(7-9-19)27(32)33/h2-5,10-11,13,18-19H,6-9,12,14-16H2,1H3,(H,28,29)(H,32,33)/t18-,19-. The predicted molar refractivity (Wildman–Crippen MR) is 131 cm³/mol. The molecule has 4 heterocycles. The van der Waals surface area contributed by atoms with E-state index in [0.717, 1.165) is 57.4 Å². The molecule has 2 aromatic heterocycles. The van der Waals surface area contributed by atoms with Gasteiger partial charge in [-0.25, -0.2) is 4.98 Å². The minimum atomic E-state index is -0.627. The fourth-order valence-electron chi connectivity index (χ4n) is 6.13. The van der Waals surface area contributed by atoms with Gasteiger partial charge < -0.3 is 15.0 Å². The maximum Gasteiger partial charge on any atom is 0.306 e. The topological polar surface area (TPSA) is 72.5 Å². The van der Waals surface area contributed by atoms with Gasteiger partial charge in [-0.2, -0.15) is 0 Å². The summed E-state index contributed by atoms with van der Waals surface area (Å²) in [6.07, 6.45) is 8.90. The van der Waals surface area contributed by atoms with Crippen molar-refractivity contribution in [2.45, 2.75) is 44.7 Å². The molecule has 2 N–H and O–H groups in total. The molecule has 1 saturated carbocycles. The summed E-state index contributed by atoms with van der Waals surface area (Å²) in [5.41, 5.74) is 8.70. The minimum absolute atomic E-state index is 0.150. The highest BCUT2D eigenvalue weighted by molar-refractivity contribution is 6.02. The smallest absolute Gasteiger partial charge is 0.306 e. The van der Waals surface area contributed by atoms with Gasteiger partial charge in [-0.05, 0) is 55.4 Å². The molecule has 0 atom stereocenters. The van der Waals surface area contributed by atoms with E-state index in [9.17, 15) is 9.90 Å². The van der Waals surface area contributed by atoms with Crippen molar-refractivity contribution in [2.75, 3.05) is 25.0 Å². The second kappa shape index (κ2) is 8.03. The van der Waals surface area contributed by atoms with Crippen molar-refractivity contribution in [3.05, 3.63) is 53.9 Å². The lowest BCUT2D eigenvalue weighted by atomic mass is 9.84. The van der Waals surface area contributed by atoms with Crippen molar-refractivity contribution in [3.8, 4) is 11.1 Å². The Hall–Kier alpha value is -3.12. The zero-order valence-corrected chi connectivity index (χ0v) is 19.1. The van der Waals surface area contributed by atoms with Crippen LogP contribution in [0.15, 0.2) is 42.6 Å². The average Bonchev–Trinajstić information content (AvgIpc) is 3.16. The maximum atomic E-state index is 11.3. The molecule has 0 amide bonds. The minimum Gasteiger partial charge on any atom is -0.481 e. The van der Waals surface area contributed by atoms with Crippen molar-refractivity contribution in [1.29, 1.82) is 0 Å². The van der Waals surface area contributed by atoms with Crippen LogP contribution in [0, 0.1) is 5.92 Å². The van der Waals surface area contributed by atoms with E-state index in [-0.39, 0.29) is 5.92 Å². The number of H-pyrrole nitrogens is 1. The average molecular weight is 443 g/mol. The number of aliphatic carboxylic acids is 1. The van der Waals surface area contributed by atoms with Crippen LogP contribution in [0.4, 0.5) is 5.69 Å². The molecule has 6 nitrogen and oxygen atoms in total. The molecular weight excluding hydrogens is 412 g/mol. The molecular formula is C27H30N4O2. The summed E-state index contributed by atoms with van der Waals surface area (Å²) >= 11 is 0. The van der Waals surface area contributed by atoms with Gasteiger partial charge >= 0.3 is 5.97 Å². The lowest BCUT2D eigenvalue weighted by molar-refractivity contribution is -0.143. The number of para-hydroxylation sites is 1. The Morgan fingerprint density at radius 2 is 1.94 bits per heavy atom. The van der Waals surface area contributed by atoms with Crippen LogP contribution < -0.4 is 4.90 Å². The van der Waals surface area contributed by atoms with Crippen molar-refractivity contribution in [3.63, 3.8) is 0 Å². The molecule has 2 aliphatic heterocycles. The molecule has 170 valence electrons.